The molecule has 1 amide bonds. The van der Waals surface area contributed by atoms with Crippen molar-refractivity contribution >= 4 is 21.8 Å². The van der Waals surface area contributed by atoms with Crippen LogP contribution in [0.1, 0.15) is 18.5 Å². The topological polar surface area (TPSA) is 79.8 Å². The smallest absolute Gasteiger partial charge is 0.343 e. The van der Waals surface area contributed by atoms with Crippen molar-refractivity contribution in [2.75, 3.05) is 0 Å². The zero-order valence-corrected chi connectivity index (χ0v) is 11.8. The Kier molecular flexibility index (Phi) is 4.16. The molecule has 1 aromatic heterocycles. The Morgan fingerprint density at radius 1 is 1.58 bits per heavy atom. The number of nitrogens with zero attached hydrogens (tertiary/aromatic N) is 2. The normalized spacial score (nSPS) is 12.1. The van der Waals surface area contributed by atoms with E-state index < -0.39 is 5.69 Å². The van der Waals surface area contributed by atoms with Gasteiger partial charge in [-0.3, -0.25) is 9.36 Å². The van der Waals surface area contributed by atoms with Gasteiger partial charge >= 0.3 is 5.69 Å². The molecule has 6 nitrogen and oxygen atoms in total. The van der Waals surface area contributed by atoms with E-state index in [1.807, 2.05) is 31.2 Å². The highest BCUT2D eigenvalue weighted by molar-refractivity contribution is 9.10. The average molecular weight is 325 g/mol. The van der Waals surface area contributed by atoms with E-state index in [1.165, 1.54) is 10.9 Å². The summed E-state index contributed by atoms with van der Waals surface area (Å²) < 4.78 is 2.17. The van der Waals surface area contributed by atoms with Crippen LogP contribution in [0.2, 0.25) is 0 Å². The summed E-state index contributed by atoms with van der Waals surface area (Å²) in [5.74, 6) is -0.240. The lowest BCUT2D eigenvalue weighted by atomic mass is 10.1. The van der Waals surface area contributed by atoms with Crippen LogP contribution in [0.5, 0.6) is 0 Å². The predicted molar refractivity (Wildman–Crippen MR) is 73.5 cm³/mol. The molecule has 0 bridgehead atoms. The van der Waals surface area contributed by atoms with Crippen LogP contribution in [0.15, 0.2) is 39.9 Å². The lowest BCUT2D eigenvalue weighted by molar-refractivity contribution is -0.122. The zero-order valence-electron chi connectivity index (χ0n) is 10.3. The summed E-state index contributed by atoms with van der Waals surface area (Å²) in [6.45, 7) is 1.84. The molecule has 2 N–H and O–H groups in total. The van der Waals surface area contributed by atoms with Gasteiger partial charge in [-0.1, -0.05) is 28.1 Å². The van der Waals surface area contributed by atoms with Crippen molar-refractivity contribution in [3.63, 3.8) is 0 Å². The Morgan fingerprint density at radius 2 is 2.37 bits per heavy atom. The minimum Gasteiger partial charge on any atom is -0.348 e. The third kappa shape index (κ3) is 3.54. The average Bonchev–Trinajstić information content (AvgIpc) is 2.75. The molecule has 0 saturated heterocycles. The first-order chi connectivity index (χ1) is 9.06. The molecule has 2 rings (SSSR count). The summed E-state index contributed by atoms with van der Waals surface area (Å²) >= 11 is 3.38. The SMILES string of the molecule is CC(NC(=O)Cn1cn[nH]c1=O)c1cccc(Br)c1. The van der Waals surface area contributed by atoms with Gasteiger partial charge in [0.05, 0.1) is 6.04 Å². The molecule has 0 aliphatic heterocycles. The minimum absolute atomic E-state index is 0.0479. The van der Waals surface area contributed by atoms with Gasteiger partial charge in [0.2, 0.25) is 5.91 Å². The molecular weight excluding hydrogens is 312 g/mol. The maximum absolute atomic E-state index is 11.8. The van der Waals surface area contributed by atoms with Gasteiger partial charge in [0, 0.05) is 4.47 Å². The minimum atomic E-state index is -0.398. The number of benzene rings is 1. The number of halogens is 1. The molecule has 1 heterocycles. The summed E-state index contributed by atoms with van der Waals surface area (Å²) in [4.78, 5) is 23.0. The fourth-order valence-electron chi connectivity index (χ4n) is 1.68. The van der Waals surface area contributed by atoms with Crippen molar-refractivity contribution in [2.45, 2.75) is 19.5 Å². The monoisotopic (exact) mass is 324 g/mol. The summed E-state index contributed by atoms with van der Waals surface area (Å²) in [6, 6.07) is 7.56. The summed E-state index contributed by atoms with van der Waals surface area (Å²) in [5, 5.41) is 8.63. The fraction of sp³-hybridized carbons (Fsp3) is 0.250. The number of aromatic amines is 1. The van der Waals surface area contributed by atoms with Crippen LogP contribution in [0.25, 0.3) is 0 Å². The largest absolute Gasteiger partial charge is 0.348 e. The molecule has 19 heavy (non-hydrogen) atoms. The van der Waals surface area contributed by atoms with Crippen LogP contribution in [0, 0.1) is 0 Å². The van der Waals surface area contributed by atoms with Crippen LogP contribution in [-0.2, 0) is 11.3 Å². The number of carbonyl (C=O) groups excluding carboxylic acids is 1. The second-order valence-corrected chi connectivity index (χ2v) is 5.05. The molecule has 1 atom stereocenters. The van der Waals surface area contributed by atoms with Crippen LogP contribution in [-0.4, -0.2) is 20.7 Å². The van der Waals surface area contributed by atoms with E-state index in [0.29, 0.717) is 0 Å². The van der Waals surface area contributed by atoms with Crippen molar-refractivity contribution in [2.24, 2.45) is 0 Å². The highest BCUT2D eigenvalue weighted by Crippen LogP contribution is 2.17. The van der Waals surface area contributed by atoms with Crippen LogP contribution < -0.4 is 11.0 Å². The molecule has 100 valence electrons. The summed E-state index contributed by atoms with van der Waals surface area (Å²) in [7, 11) is 0. The van der Waals surface area contributed by atoms with E-state index in [1.54, 1.807) is 0 Å². The van der Waals surface area contributed by atoms with Crippen LogP contribution >= 0.6 is 15.9 Å². The van der Waals surface area contributed by atoms with Gasteiger partial charge in [0.1, 0.15) is 12.9 Å². The quantitative estimate of drug-likeness (QED) is 0.887. The number of rotatable bonds is 4. The van der Waals surface area contributed by atoms with Gasteiger partial charge < -0.3 is 5.32 Å². The maximum Gasteiger partial charge on any atom is 0.343 e. The summed E-state index contributed by atoms with van der Waals surface area (Å²) in [5.41, 5.74) is 0.590. The number of hydrogen-bond acceptors (Lipinski definition) is 3. The maximum atomic E-state index is 11.8. The third-order valence-corrected chi connectivity index (χ3v) is 3.15. The molecular formula is C12H13BrN4O2. The van der Waals surface area contributed by atoms with Crippen LogP contribution in [0.4, 0.5) is 0 Å². The first-order valence-corrected chi connectivity index (χ1v) is 6.50. The first kappa shape index (κ1) is 13.5. The lowest BCUT2D eigenvalue weighted by Crippen LogP contribution is -2.32. The number of carbonyl (C=O) groups is 1. The first-order valence-electron chi connectivity index (χ1n) is 5.71. The van der Waals surface area contributed by atoms with Gasteiger partial charge in [0.15, 0.2) is 0 Å². The van der Waals surface area contributed by atoms with E-state index in [-0.39, 0.29) is 18.5 Å². The van der Waals surface area contributed by atoms with Gasteiger partial charge in [0.25, 0.3) is 0 Å². The standard InChI is InChI=1S/C12H13BrN4O2/c1-8(9-3-2-4-10(13)5-9)15-11(18)6-17-7-14-16-12(17)19/h2-5,7-8H,6H2,1H3,(H,15,18)(H,16,19). The third-order valence-electron chi connectivity index (χ3n) is 2.66. The molecule has 1 aromatic carbocycles. The highest BCUT2D eigenvalue weighted by Gasteiger charge is 2.11. The van der Waals surface area contributed by atoms with E-state index in [0.717, 1.165) is 10.0 Å². The fourth-order valence-corrected chi connectivity index (χ4v) is 2.10. The Hall–Kier alpha value is -1.89. The molecule has 0 aliphatic carbocycles. The molecule has 7 heteroatoms. The van der Waals surface area contributed by atoms with Gasteiger partial charge in [-0.2, -0.15) is 5.10 Å². The number of aromatic nitrogens is 3. The van der Waals surface area contributed by atoms with E-state index >= 15 is 0 Å². The molecule has 0 aliphatic rings. The van der Waals surface area contributed by atoms with Crippen molar-refractivity contribution < 1.29 is 4.79 Å². The second-order valence-electron chi connectivity index (χ2n) is 4.13. The predicted octanol–water partition coefficient (Wildman–Crippen LogP) is 1.21. The Labute approximate surface area is 118 Å². The van der Waals surface area contributed by atoms with Crippen LogP contribution in [0.3, 0.4) is 0 Å². The number of H-pyrrole nitrogens is 1. The molecule has 0 radical (unpaired) electrons. The number of amides is 1. The van der Waals surface area contributed by atoms with Gasteiger partial charge in [-0.15, -0.1) is 0 Å². The van der Waals surface area contributed by atoms with Crippen molar-refractivity contribution in [1.29, 1.82) is 0 Å². The second kappa shape index (κ2) is 5.83. The van der Waals surface area contributed by atoms with E-state index in [2.05, 4.69) is 31.4 Å². The molecule has 0 saturated carbocycles. The Morgan fingerprint density at radius 3 is 3.00 bits per heavy atom. The van der Waals surface area contributed by atoms with Gasteiger partial charge in [-0.05, 0) is 24.6 Å². The van der Waals surface area contributed by atoms with E-state index in [4.69, 9.17) is 0 Å². The zero-order chi connectivity index (χ0) is 13.8. The van der Waals surface area contributed by atoms with Crippen molar-refractivity contribution in [3.8, 4) is 0 Å². The number of hydrogen-bond donors (Lipinski definition) is 2. The molecule has 0 spiro atoms. The highest BCUT2D eigenvalue weighted by atomic mass is 79.9. The summed E-state index contributed by atoms with van der Waals surface area (Å²) in [6.07, 6.45) is 1.30. The van der Waals surface area contributed by atoms with Gasteiger partial charge in [-0.25, -0.2) is 9.89 Å². The van der Waals surface area contributed by atoms with Crippen molar-refractivity contribution in [3.05, 3.63) is 51.1 Å². The molecule has 1 unspecified atom stereocenters. The number of nitrogens with one attached hydrogen (secondary N) is 2. The van der Waals surface area contributed by atoms with Crippen molar-refractivity contribution in [1.82, 2.24) is 20.1 Å². The Balaban J connectivity index is 1.99. The molecule has 0 fully saturated rings. The Bertz CT molecular complexity index is 634. The molecule has 2 aromatic rings. The lowest BCUT2D eigenvalue weighted by Gasteiger charge is -2.14. The van der Waals surface area contributed by atoms with E-state index in [9.17, 15) is 9.59 Å².